The minimum absolute atomic E-state index is 0.172. The summed E-state index contributed by atoms with van der Waals surface area (Å²) in [5.74, 6) is 0.824. The molecular formula is C16H25ClN2. The highest BCUT2D eigenvalue weighted by molar-refractivity contribution is 6.33. The molecule has 0 amide bonds. The maximum atomic E-state index is 6.44. The van der Waals surface area contributed by atoms with Crippen molar-refractivity contribution in [1.29, 1.82) is 0 Å². The van der Waals surface area contributed by atoms with E-state index >= 15 is 0 Å². The summed E-state index contributed by atoms with van der Waals surface area (Å²) in [6.45, 7) is 6.58. The Kier molecular flexibility index (Phi) is 5.12. The molecule has 2 nitrogen and oxygen atoms in total. The fraction of sp³-hybridized carbons (Fsp3) is 0.625. The second-order valence-electron chi connectivity index (χ2n) is 5.82. The largest absolute Gasteiger partial charge is 0.370 e. The molecule has 0 aromatic heterocycles. The van der Waals surface area contributed by atoms with Crippen LogP contribution in [-0.4, -0.2) is 19.1 Å². The summed E-state index contributed by atoms with van der Waals surface area (Å²) in [6, 6.07) is 6.36. The molecule has 0 aliphatic carbocycles. The number of halogens is 1. The second kappa shape index (κ2) is 6.62. The van der Waals surface area contributed by atoms with Gasteiger partial charge in [0.1, 0.15) is 0 Å². The Balaban J connectivity index is 2.19. The van der Waals surface area contributed by atoms with E-state index in [0.29, 0.717) is 0 Å². The first-order valence-corrected chi connectivity index (χ1v) is 7.77. The average Bonchev–Trinajstić information content (AvgIpc) is 2.77. The van der Waals surface area contributed by atoms with Gasteiger partial charge >= 0.3 is 0 Å². The molecule has 1 fully saturated rings. The predicted octanol–water partition coefficient (Wildman–Crippen LogP) is 3.86. The minimum Gasteiger partial charge on any atom is -0.370 e. The van der Waals surface area contributed by atoms with Gasteiger partial charge in [-0.2, -0.15) is 0 Å². The molecule has 1 aliphatic rings. The van der Waals surface area contributed by atoms with Gasteiger partial charge in [-0.1, -0.05) is 37.1 Å². The Morgan fingerprint density at radius 3 is 2.95 bits per heavy atom. The van der Waals surface area contributed by atoms with Crippen molar-refractivity contribution >= 4 is 17.3 Å². The maximum Gasteiger partial charge on any atom is 0.0642 e. The lowest BCUT2D eigenvalue weighted by atomic mass is 10.0. The Bertz CT molecular complexity index is 417. The van der Waals surface area contributed by atoms with E-state index in [9.17, 15) is 0 Å². The van der Waals surface area contributed by atoms with Crippen LogP contribution >= 0.6 is 11.6 Å². The Morgan fingerprint density at radius 2 is 2.26 bits per heavy atom. The fourth-order valence-electron chi connectivity index (χ4n) is 3.11. The highest BCUT2D eigenvalue weighted by atomic mass is 35.5. The molecule has 1 saturated heterocycles. The molecule has 0 saturated carbocycles. The van der Waals surface area contributed by atoms with Crippen LogP contribution in [0.2, 0.25) is 5.02 Å². The summed E-state index contributed by atoms with van der Waals surface area (Å²) < 4.78 is 0. The van der Waals surface area contributed by atoms with E-state index < -0.39 is 0 Å². The van der Waals surface area contributed by atoms with Crippen LogP contribution in [0.3, 0.4) is 0 Å². The first kappa shape index (κ1) is 14.7. The van der Waals surface area contributed by atoms with Gasteiger partial charge in [0.25, 0.3) is 0 Å². The quantitative estimate of drug-likeness (QED) is 0.887. The summed E-state index contributed by atoms with van der Waals surface area (Å²) in [5.41, 5.74) is 8.47. The number of hydrogen-bond acceptors (Lipinski definition) is 2. The topological polar surface area (TPSA) is 29.3 Å². The lowest BCUT2D eigenvalue weighted by Crippen LogP contribution is -2.24. The Hall–Kier alpha value is -0.730. The van der Waals surface area contributed by atoms with Crippen molar-refractivity contribution in [3.8, 4) is 0 Å². The van der Waals surface area contributed by atoms with Gasteiger partial charge in [-0.05, 0) is 43.7 Å². The van der Waals surface area contributed by atoms with E-state index in [4.69, 9.17) is 17.3 Å². The van der Waals surface area contributed by atoms with Crippen molar-refractivity contribution < 1.29 is 0 Å². The molecule has 19 heavy (non-hydrogen) atoms. The van der Waals surface area contributed by atoms with Crippen LogP contribution < -0.4 is 10.6 Å². The predicted molar refractivity (Wildman–Crippen MR) is 84.0 cm³/mol. The molecule has 2 atom stereocenters. The molecule has 1 aromatic carbocycles. The zero-order valence-electron chi connectivity index (χ0n) is 12.0. The molecule has 0 radical (unpaired) electrons. The van der Waals surface area contributed by atoms with Crippen LogP contribution in [0.15, 0.2) is 18.2 Å². The second-order valence-corrected chi connectivity index (χ2v) is 6.23. The van der Waals surface area contributed by atoms with E-state index in [1.54, 1.807) is 0 Å². The number of benzene rings is 1. The van der Waals surface area contributed by atoms with Crippen LogP contribution in [0.4, 0.5) is 5.69 Å². The third kappa shape index (κ3) is 3.64. The molecule has 1 heterocycles. The molecule has 2 rings (SSSR count). The summed E-state index contributed by atoms with van der Waals surface area (Å²) in [6.07, 6.45) is 4.78. The number of anilines is 1. The van der Waals surface area contributed by atoms with Crippen molar-refractivity contribution in [3.05, 3.63) is 28.8 Å². The molecule has 0 spiro atoms. The van der Waals surface area contributed by atoms with Gasteiger partial charge in [0.15, 0.2) is 0 Å². The zero-order chi connectivity index (χ0) is 13.8. The molecular weight excluding hydrogens is 256 g/mol. The van der Waals surface area contributed by atoms with Crippen molar-refractivity contribution in [2.75, 3.05) is 18.0 Å². The van der Waals surface area contributed by atoms with Gasteiger partial charge in [-0.3, -0.25) is 0 Å². The number of rotatable bonds is 5. The summed E-state index contributed by atoms with van der Waals surface area (Å²) in [4.78, 5) is 2.46. The molecule has 2 unspecified atom stereocenters. The van der Waals surface area contributed by atoms with Crippen LogP contribution in [-0.2, 0) is 6.42 Å². The molecule has 3 heteroatoms. The number of nitrogens with two attached hydrogens (primary N) is 1. The normalized spacial score (nSPS) is 20.8. The van der Waals surface area contributed by atoms with Crippen molar-refractivity contribution in [3.63, 3.8) is 0 Å². The third-order valence-corrected chi connectivity index (χ3v) is 4.22. The first-order chi connectivity index (χ1) is 9.11. The van der Waals surface area contributed by atoms with E-state index in [1.165, 1.54) is 30.5 Å². The van der Waals surface area contributed by atoms with Crippen LogP contribution in [0.1, 0.15) is 38.7 Å². The zero-order valence-corrected chi connectivity index (χ0v) is 12.8. The molecule has 106 valence electrons. The van der Waals surface area contributed by atoms with Gasteiger partial charge in [-0.15, -0.1) is 0 Å². The van der Waals surface area contributed by atoms with Crippen LogP contribution in [0.5, 0.6) is 0 Å². The molecule has 1 aliphatic heterocycles. The standard InChI is InChI=1S/C16H25ClN2/c1-3-5-13-8-9-19(11-13)16-14(10-12(2)18)6-4-7-15(16)17/h4,6-7,12-13H,3,5,8-11,18H2,1-2H3. The van der Waals surface area contributed by atoms with E-state index in [2.05, 4.69) is 24.8 Å². The molecule has 0 bridgehead atoms. The van der Waals surface area contributed by atoms with Gasteiger partial charge in [0.2, 0.25) is 0 Å². The lowest BCUT2D eigenvalue weighted by Gasteiger charge is -2.24. The summed E-state index contributed by atoms with van der Waals surface area (Å²) in [5, 5.41) is 0.871. The van der Waals surface area contributed by atoms with Crippen molar-refractivity contribution in [1.82, 2.24) is 0 Å². The van der Waals surface area contributed by atoms with Gasteiger partial charge in [0.05, 0.1) is 10.7 Å². The van der Waals surface area contributed by atoms with E-state index in [1.807, 2.05) is 12.1 Å². The van der Waals surface area contributed by atoms with E-state index in [0.717, 1.165) is 30.5 Å². The monoisotopic (exact) mass is 280 g/mol. The summed E-state index contributed by atoms with van der Waals surface area (Å²) >= 11 is 6.44. The van der Waals surface area contributed by atoms with Crippen molar-refractivity contribution in [2.24, 2.45) is 11.7 Å². The lowest BCUT2D eigenvalue weighted by molar-refractivity contribution is 0.529. The average molecular weight is 281 g/mol. The Labute approximate surface area is 121 Å². The van der Waals surface area contributed by atoms with Crippen LogP contribution in [0, 0.1) is 5.92 Å². The Morgan fingerprint density at radius 1 is 1.47 bits per heavy atom. The van der Waals surface area contributed by atoms with Gasteiger partial charge in [0, 0.05) is 19.1 Å². The minimum atomic E-state index is 0.172. The van der Waals surface area contributed by atoms with Gasteiger partial charge < -0.3 is 10.6 Å². The number of para-hydroxylation sites is 1. The summed E-state index contributed by atoms with van der Waals surface area (Å²) in [7, 11) is 0. The third-order valence-electron chi connectivity index (χ3n) is 3.91. The van der Waals surface area contributed by atoms with E-state index in [-0.39, 0.29) is 6.04 Å². The fourth-order valence-corrected chi connectivity index (χ4v) is 3.42. The highest BCUT2D eigenvalue weighted by Gasteiger charge is 2.25. The maximum absolute atomic E-state index is 6.44. The van der Waals surface area contributed by atoms with Crippen molar-refractivity contribution in [2.45, 2.75) is 45.6 Å². The highest BCUT2D eigenvalue weighted by Crippen LogP contribution is 2.35. The van der Waals surface area contributed by atoms with Crippen LogP contribution in [0.25, 0.3) is 0 Å². The number of nitrogens with zero attached hydrogens (tertiary/aromatic N) is 1. The molecule has 2 N–H and O–H groups in total. The van der Waals surface area contributed by atoms with Gasteiger partial charge in [-0.25, -0.2) is 0 Å². The smallest absolute Gasteiger partial charge is 0.0642 e. The first-order valence-electron chi connectivity index (χ1n) is 7.39. The number of hydrogen-bond donors (Lipinski definition) is 1. The SMILES string of the molecule is CCCC1CCN(c2c(Cl)cccc2CC(C)N)C1. The molecule has 1 aromatic rings.